The first-order valence-electron chi connectivity index (χ1n) is 10.5. The SMILES string of the molecule is Cc1cc(C)c(F)c(-c2c3ccc([Si](C)(C)c4ccccc4)cc3cc[n+]2C)c1C. The van der Waals surface area contributed by atoms with Crippen molar-refractivity contribution in [3.63, 3.8) is 0 Å². The number of aryl methyl sites for hydroxylation is 3. The number of halogens is 1. The first-order valence-corrected chi connectivity index (χ1v) is 13.5. The Kier molecular flexibility index (Phi) is 5.11. The van der Waals surface area contributed by atoms with Gasteiger partial charge in [-0.15, -0.1) is 0 Å². The maximum Gasteiger partial charge on any atom is 0.223 e. The van der Waals surface area contributed by atoms with Gasteiger partial charge in [-0.25, -0.2) is 8.96 Å². The van der Waals surface area contributed by atoms with Crippen molar-refractivity contribution < 1.29 is 8.96 Å². The fraction of sp³-hybridized carbons (Fsp3) is 0.222. The molecule has 1 nitrogen and oxygen atoms in total. The minimum Gasteiger partial charge on any atom is -0.206 e. The van der Waals surface area contributed by atoms with E-state index in [0.29, 0.717) is 11.1 Å². The molecule has 0 saturated carbocycles. The van der Waals surface area contributed by atoms with Gasteiger partial charge in [0.25, 0.3) is 0 Å². The topological polar surface area (TPSA) is 3.88 Å². The summed E-state index contributed by atoms with van der Waals surface area (Å²) in [6.07, 6.45) is 2.05. The zero-order valence-electron chi connectivity index (χ0n) is 18.7. The second-order valence-corrected chi connectivity index (χ2v) is 13.3. The van der Waals surface area contributed by atoms with E-state index in [2.05, 4.69) is 80.8 Å². The number of fused-ring (bicyclic) bond motifs is 1. The van der Waals surface area contributed by atoms with Gasteiger partial charge in [-0.3, -0.25) is 0 Å². The fourth-order valence-electron chi connectivity index (χ4n) is 4.43. The van der Waals surface area contributed by atoms with Crippen LogP contribution in [-0.4, -0.2) is 8.07 Å². The highest BCUT2D eigenvalue weighted by atomic mass is 28.3. The van der Waals surface area contributed by atoms with E-state index in [0.717, 1.165) is 27.6 Å². The van der Waals surface area contributed by atoms with Gasteiger partial charge in [0.2, 0.25) is 5.69 Å². The Bertz CT molecular complexity index is 1230. The van der Waals surface area contributed by atoms with E-state index in [4.69, 9.17) is 0 Å². The van der Waals surface area contributed by atoms with Gasteiger partial charge in [0.15, 0.2) is 6.20 Å². The number of nitrogens with zero attached hydrogens (tertiary/aromatic N) is 1. The van der Waals surface area contributed by atoms with Gasteiger partial charge in [-0.1, -0.05) is 72.0 Å². The summed E-state index contributed by atoms with van der Waals surface area (Å²) in [4.78, 5) is 0. The summed E-state index contributed by atoms with van der Waals surface area (Å²) >= 11 is 0. The number of aromatic nitrogens is 1. The zero-order chi connectivity index (χ0) is 21.6. The first kappa shape index (κ1) is 20.5. The van der Waals surface area contributed by atoms with Crippen molar-refractivity contribution in [1.82, 2.24) is 0 Å². The third-order valence-corrected chi connectivity index (χ3v) is 10.1. The summed E-state index contributed by atoms with van der Waals surface area (Å²) in [6, 6.07) is 21.6. The quantitative estimate of drug-likeness (QED) is 0.320. The Morgan fingerprint density at radius 1 is 0.800 bits per heavy atom. The molecule has 0 aliphatic rings. The third-order valence-electron chi connectivity index (χ3n) is 6.56. The minimum atomic E-state index is -1.80. The molecule has 1 aromatic heterocycles. The Balaban J connectivity index is 1.97. The monoisotopic (exact) mass is 414 g/mol. The van der Waals surface area contributed by atoms with Crippen LogP contribution in [0.3, 0.4) is 0 Å². The number of benzene rings is 3. The van der Waals surface area contributed by atoms with Crippen LogP contribution < -0.4 is 14.9 Å². The van der Waals surface area contributed by atoms with E-state index in [1.54, 1.807) is 0 Å². The normalized spacial score (nSPS) is 11.8. The highest BCUT2D eigenvalue weighted by Crippen LogP contribution is 2.33. The lowest BCUT2D eigenvalue weighted by atomic mass is 9.94. The van der Waals surface area contributed by atoms with Crippen LogP contribution in [0.25, 0.3) is 22.0 Å². The van der Waals surface area contributed by atoms with Crippen LogP contribution >= 0.6 is 0 Å². The molecule has 3 heteroatoms. The molecule has 0 spiro atoms. The molecule has 0 amide bonds. The van der Waals surface area contributed by atoms with Crippen molar-refractivity contribution in [2.45, 2.75) is 33.9 Å². The van der Waals surface area contributed by atoms with Gasteiger partial charge in [0.05, 0.1) is 10.9 Å². The van der Waals surface area contributed by atoms with Crippen molar-refractivity contribution in [3.8, 4) is 11.3 Å². The molecule has 3 aromatic carbocycles. The smallest absolute Gasteiger partial charge is 0.206 e. The lowest BCUT2D eigenvalue weighted by molar-refractivity contribution is -0.659. The average molecular weight is 415 g/mol. The number of hydrogen-bond acceptors (Lipinski definition) is 0. The van der Waals surface area contributed by atoms with Gasteiger partial charge >= 0.3 is 0 Å². The summed E-state index contributed by atoms with van der Waals surface area (Å²) in [5.74, 6) is -0.121. The maximum absolute atomic E-state index is 15.3. The van der Waals surface area contributed by atoms with E-state index in [1.807, 2.05) is 31.5 Å². The van der Waals surface area contributed by atoms with Crippen LogP contribution in [-0.2, 0) is 7.05 Å². The van der Waals surface area contributed by atoms with E-state index in [1.165, 1.54) is 10.4 Å². The molecular formula is C27H29FNSi+. The average Bonchev–Trinajstić information content (AvgIpc) is 2.74. The minimum absolute atomic E-state index is 0.121. The van der Waals surface area contributed by atoms with Crippen LogP contribution in [0.5, 0.6) is 0 Å². The van der Waals surface area contributed by atoms with Crippen molar-refractivity contribution in [2.75, 3.05) is 0 Å². The lowest BCUT2D eigenvalue weighted by Crippen LogP contribution is -2.52. The summed E-state index contributed by atoms with van der Waals surface area (Å²) in [5, 5.41) is 5.06. The van der Waals surface area contributed by atoms with Crippen molar-refractivity contribution in [1.29, 1.82) is 0 Å². The number of hydrogen-bond donors (Lipinski definition) is 0. The molecule has 0 saturated heterocycles. The molecule has 0 aliphatic carbocycles. The van der Waals surface area contributed by atoms with Gasteiger partial charge in [0.1, 0.15) is 20.9 Å². The predicted molar refractivity (Wildman–Crippen MR) is 128 cm³/mol. The summed E-state index contributed by atoms with van der Waals surface area (Å²) in [6.45, 7) is 10.7. The molecule has 0 fully saturated rings. The molecule has 0 atom stereocenters. The summed E-state index contributed by atoms with van der Waals surface area (Å²) in [5.41, 5.74) is 4.48. The van der Waals surface area contributed by atoms with E-state index in [9.17, 15) is 0 Å². The van der Waals surface area contributed by atoms with Gasteiger partial charge in [-0.05, 0) is 48.9 Å². The zero-order valence-corrected chi connectivity index (χ0v) is 19.7. The van der Waals surface area contributed by atoms with Crippen LogP contribution in [0.15, 0.2) is 66.9 Å². The highest BCUT2D eigenvalue weighted by molar-refractivity contribution is 7.00. The summed E-state index contributed by atoms with van der Waals surface area (Å²) < 4.78 is 17.4. The molecule has 1 heterocycles. The predicted octanol–water partition coefficient (Wildman–Crippen LogP) is 5.22. The van der Waals surface area contributed by atoms with Gasteiger partial charge < -0.3 is 0 Å². The Morgan fingerprint density at radius 2 is 1.50 bits per heavy atom. The van der Waals surface area contributed by atoms with Crippen LogP contribution in [0.2, 0.25) is 13.1 Å². The van der Waals surface area contributed by atoms with Crippen LogP contribution in [0.4, 0.5) is 4.39 Å². The molecule has 0 unspecified atom stereocenters. The molecule has 152 valence electrons. The van der Waals surface area contributed by atoms with Crippen LogP contribution in [0, 0.1) is 26.6 Å². The molecule has 4 aromatic rings. The fourth-order valence-corrected chi connectivity index (χ4v) is 6.81. The molecule has 0 N–H and O–H groups in total. The van der Waals surface area contributed by atoms with E-state index in [-0.39, 0.29) is 5.82 Å². The molecule has 0 radical (unpaired) electrons. The Hall–Kier alpha value is -2.78. The van der Waals surface area contributed by atoms with Crippen molar-refractivity contribution >= 4 is 29.2 Å². The molecule has 30 heavy (non-hydrogen) atoms. The Labute approximate surface area is 179 Å². The molecule has 0 aliphatic heterocycles. The molecular weight excluding hydrogens is 385 g/mol. The first-order chi connectivity index (χ1) is 14.2. The maximum atomic E-state index is 15.3. The highest BCUT2D eigenvalue weighted by Gasteiger charge is 2.28. The molecule has 4 rings (SSSR count). The second-order valence-electron chi connectivity index (χ2n) is 8.89. The lowest BCUT2D eigenvalue weighted by Gasteiger charge is -2.24. The van der Waals surface area contributed by atoms with Gasteiger partial charge in [-0.2, -0.15) is 0 Å². The number of rotatable bonds is 3. The largest absolute Gasteiger partial charge is 0.223 e. The van der Waals surface area contributed by atoms with Crippen molar-refractivity contribution in [3.05, 3.63) is 89.4 Å². The third kappa shape index (κ3) is 3.27. The number of pyridine rings is 1. The van der Waals surface area contributed by atoms with Crippen LogP contribution in [0.1, 0.15) is 16.7 Å². The Morgan fingerprint density at radius 3 is 2.20 bits per heavy atom. The van der Waals surface area contributed by atoms with Gasteiger partial charge in [0, 0.05) is 6.07 Å². The molecule has 0 bridgehead atoms. The summed E-state index contributed by atoms with van der Waals surface area (Å²) in [7, 11) is 0.198. The standard InChI is InChI=1S/C27H29FNSi/c1-18-16-19(2)26(28)25(20(18)3)27-24-13-12-23(17-21(24)14-15-29(27)4)30(5,6)22-10-8-7-9-11-22/h7-17H,1-6H3/q+1. The van der Waals surface area contributed by atoms with E-state index >= 15 is 4.39 Å². The second kappa shape index (κ2) is 7.48. The van der Waals surface area contributed by atoms with E-state index < -0.39 is 8.07 Å². The van der Waals surface area contributed by atoms with Crippen molar-refractivity contribution in [2.24, 2.45) is 7.05 Å².